The van der Waals surface area contributed by atoms with E-state index in [0.29, 0.717) is 43.2 Å². The minimum Gasteiger partial charge on any atom is -0.482 e. The van der Waals surface area contributed by atoms with Crippen LogP contribution in [0.25, 0.3) is 0 Å². The van der Waals surface area contributed by atoms with Gasteiger partial charge in [0.25, 0.3) is 5.91 Å². The van der Waals surface area contributed by atoms with E-state index >= 15 is 0 Å². The molecule has 7 heteroatoms. The summed E-state index contributed by atoms with van der Waals surface area (Å²) >= 11 is 6.33. The Morgan fingerprint density at radius 1 is 1.13 bits per heavy atom. The molecule has 0 spiro atoms. The highest BCUT2D eigenvalue weighted by Crippen LogP contribution is 2.37. The first-order chi connectivity index (χ1) is 14.7. The monoisotopic (exact) mass is 442 g/mol. The minimum atomic E-state index is -0.525. The van der Waals surface area contributed by atoms with Gasteiger partial charge in [0.05, 0.1) is 12.2 Å². The van der Waals surface area contributed by atoms with Crippen LogP contribution in [-0.4, -0.2) is 42.2 Å². The van der Waals surface area contributed by atoms with E-state index < -0.39 is 5.60 Å². The largest absolute Gasteiger partial charge is 0.482 e. The number of hydrogen-bond acceptors (Lipinski definition) is 4. The number of halogens is 1. The van der Waals surface area contributed by atoms with Crippen LogP contribution in [0.3, 0.4) is 0 Å². The molecule has 0 saturated heterocycles. The Bertz CT molecular complexity index is 1020. The van der Waals surface area contributed by atoms with Gasteiger partial charge in [-0.2, -0.15) is 0 Å². The molecule has 2 aliphatic rings. The van der Waals surface area contributed by atoms with Gasteiger partial charge in [0.15, 0.2) is 6.61 Å². The van der Waals surface area contributed by atoms with Crippen LogP contribution in [0.1, 0.15) is 37.5 Å². The van der Waals surface area contributed by atoms with Crippen molar-refractivity contribution in [2.24, 2.45) is 0 Å². The first-order valence-corrected chi connectivity index (χ1v) is 10.9. The van der Waals surface area contributed by atoms with E-state index in [0.717, 1.165) is 22.4 Å². The van der Waals surface area contributed by atoms with Crippen molar-refractivity contribution < 1.29 is 19.1 Å². The van der Waals surface area contributed by atoms with Crippen molar-refractivity contribution in [3.05, 3.63) is 58.1 Å². The second-order valence-electron chi connectivity index (χ2n) is 8.92. The Balaban J connectivity index is 1.58. The standard InChI is InChI=1S/C24H27ClN2O4/c1-24(2,3)31-23(29)26-10-8-16-12-20-21(13-17(16)9-11-26)30-15-22(28)27(20)14-18-6-4-5-7-19(18)25/h4-7,12-13H,8-11,14-15H2,1-3H3. The fourth-order valence-corrected chi connectivity index (χ4v) is 4.09. The van der Waals surface area contributed by atoms with E-state index in [9.17, 15) is 9.59 Å². The summed E-state index contributed by atoms with van der Waals surface area (Å²) in [6.07, 6.45) is 1.11. The fraction of sp³-hybridized carbons (Fsp3) is 0.417. The van der Waals surface area contributed by atoms with Gasteiger partial charge < -0.3 is 19.3 Å². The Morgan fingerprint density at radius 3 is 2.48 bits per heavy atom. The topological polar surface area (TPSA) is 59.1 Å². The zero-order chi connectivity index (χ0) is 22.2. The van der Waals surface area contributed by atoms with Crippen LogP contribution in [-0.2, 0) is 28.9 Å². The summed E-state index contributed by atoms with van der Waals surface area (Å²) in [4.78, 5) is 28.7. The van der Waals surface area contributed by atoms with Crippen LogP contribution in [0.4, 0.5) is 10.5 Å². The zero-order valence-corrected chi connectivity index (χ0v) is 18.9. The predicted octanol–water partition coefficient (Wildman–Crippen LogP) is 4.60. The Hall–Kier alpha value is -2.73. The maximum atomic E-state index is 12.7. The van der Waals surface area contributed by atoms with Crippen molar-refractivity contribution in [1.29, 1.82) is 0 Å². The lowest BCUT2D eigenvalue weighted by molar-refractivity contribution is -0.121. The predicted molar refractivity (Wildman–Crippen MR) is 120 cm³/mol. The van der Waals surface area contributed by atoms with Gasteiger partial charge in [0.2, 0.25) is 0 Å². The molecule has 2 aliphatic heterocycles. The number of carbonyl (C=O) groups excluding carboxylic acids is 2. The first kappa shape index (κ1) is 21.5. The molecule has 0 unspecified atom stereocenters. The summed E-state index contributed by atoms with van der Waals surface area (Å²) in [5.41, 5.74) is 3.36. The highest BCUT2D eigenvalue weighted by molar-refractivity contribution is 6.31. The molecule has 0 saturated carbocycles. The third-order valence-electron chi connectivity index (χ3n) is 5.46. The van der Waals surface area contributed by atoms with E-state index in [2.05, 4.69) is 0 Å². The molecule has 6 nitrogen and oxygen atoms in total. The van der Waals surface area contributed by atoms with Crippen molar-refractivity contribution in [1.82, 2.24) is 4.90 Å². The summed E-state index contributed by atoms with van der Waals surface area (Å²) in [5.74, 6) is 0.590. The van der Waals surface area contributed by atoms with Gasteiger partial charge in [-0.15, -0.1) is 0 Å². The van der Waals surface area contributed by atoms with Gasteiger partial charge in [0, 0.05) is 18.1 Å². The van der Waals surface area contributed by atoms with Crippen LogP contribution in [0.2, 0.25) is 5.02 Å². The van der Waals surface area contributed by atoms with Gasteiger partial charge in [-0.05, 0) is 68.5 Å². The van der Waals surface area contributed by atoms with Crippen molar-refractivity contribution in [3.63, 3.8) is 0 Å². The number of ether oxygens (including phenoxy) is 2. The SMILES string of the molecule is CC(C)(C)OC(=O)N1CCc2cc3c(cc2CC1)N(Cc1ccccc1Cl)C(=O)CO3. The van der Waals surface area contributed by atoms with Gasteiger partial charge in [-0.25, -0.2) is 4.79 Å². The molecule has 0 aromatic heterocycles. The zero-order valence-electron chi connectivity index (χ0n) is 18.1. The quantitative estimate of drug-likeness (QED) is 0.681. The first-order valence-electron chi connectivity index (χ1n) is 10.5. The molecule has 2 aromatic carbocycles. The molecule has 4 rings (SSSR count). The number of nitrogens with zero attached hydrogens (tertiary/aromatic N) is 2. The van der Waals surface area contributed by atoms with Crippen LogP contribution < -0.4 is 9.64 Å². The minimum absolute atomic E-state index is 0.000271. The molecular formula is C24H27ClN2O4. The number of benzene rings is 2. The second-order valence-corrected chi connectivity index (χ2v) is 9.32. The highest BCUT2D eigenvalue weighted by atomic mass is 35.5. The molecule has 0 bridgehead atoms. The molecule has 2 aromatic rings. The van der Waals surface area contributed by atoms with Crippen molar-refractivity contribution in [3.8, 4) is 5.75 Å². The Kier molecular flexibility index (Phi) is 5.84. The van der Waals surface area contributed by atoms with Crippen LogP contribution in [0, 0.1) is 0 Å². The summed E-state index contributed by atoms with van der Waals surface area (Å²) in [6.45, 7) is 7.15. The lowest BCUT2D eigenvalue weighted by Gasteiger charge is -2.31. The molecule has 164 valence electrons. The van der Waals surface area contributed by atoms with Gasteiger partial charge in [-0.3, -0.25) is 4.79 Å². The van der Waals surface area contributed by atoms with Crippen molar-refractivity contribution in [2.45, 2.75) is 45.8 Å². The maximum absolute atomic E-state index is 12.7. The van der Waals surface area contributed by atoms with E-state index in [1.54, 1.807) is 9.80 Å². The molecule has 0 N–H and O–H groups in total. The Labute approximate surface area is 187 Å². The number of anilines is 1. The molecule has 0 radical (unpaired) electrons. The van der Waals surface area contributed by atoms with E-state index in [1.807, 2.05) is 57.2 Å². The molecule has 0 fully saturated rings. The van der Waals surface area contributed by atoms with E-state index in [-0.39, 0.29) is 18.6 Å². The number of rotatable bonds is 2. The smallest absolute Gasteiger partial charge is 0.410 e. The number of amides is 2. The number of carbonyl (C=O) groups is 2. The van der Waals surface area contributed by atoms with Crippen LogP contribution in [0.15, 0.2) is 36.4 Å². The number of hydrogen-bond donors (Lipinski definition) is 0. The maximum Gasteiger partial charge on any atom is 0.410 e. The third-order valence-corrected chi connectivity index (χ3v) is 5.83. The van der Waals surface area contributed by atoms with Crippen LogP contribution >= 0.6 is 11.6 Å². The molecular weight excluding hydrogens is 416 g/mol. The second kappa shape index (κ2) is 8.42. The van der Waals surface area contributed by atoms with Crippen molar-refractivity contribution in [2.75, 3.05) is 24.6 Å². The molecule has 2 heterocycles. The van der Waals surface area contributed by atoms with E-state index in [4.69, 9.17) is 21.1 Å². The number of fused-ring (bicyclic) bond motifs is 2. The summed E-state index contributed by atoms with van der Waals surface area (Å²) in [6, 6.07) is 11.6. The lowest BCUT2D eigenvalue weighted by atomic mass is 10.00. The summed E-state index contributed by atoms with van der Waals surface area (Å²) < 4.78 is 11.3. The van der Waals surface area contributed by atoms with Crippen LogP contribution in [0.5, 0.6) is 5.75 Å². The molecule has 2 amide bonds. The third kappa shape index (κ3) is 4.79. The van der Waals surface area contributed by atoms with Gasteiger partial charge >= 0.3 is 6.09 Å². The molecule has 0 aliphatic carbocycles. The highest BCUT2D eigenvalue weighted by Gasteiger charge is 2.29. The van der Waals surface area contributed by atoms with Gasteiger partial charge in [0.1, 0.15) is 11.4 Å². The molecule has 31 heavy (non-hydrogen) atoms. The lowest BCUT2D eigenvalue weighted by Crippen LogP contribution is -2.38. The summed E-state index contributed by atoms with van der Waals surface area (Å²) in [7, 11) is 0. The molecule has 0 atom stereocenters. The Morgan fingerprint density at radius 2 is 1.81 bits per heavy atom. The van der Waals surface area contributed by atoms with E-state index in [1.165, 1.54) is 0 Å². The normalized spacial score (nSPS) is 16.2. The van der Waals surface area contributed by atoms with Gasteiger partial charge in [-0.1, -0.05) is 29.8 Å². The average molecular weight is 443 g/mol. The van der Waals surface area contributed by atoms with Crippen molar-refractivity contribution >= 4 is 29.3 Å². The average Bonchev–Trinajstić information content (AvgIpc) is 2.91. The summed E-state index contributed by atoms with van der Waals surface area (Å²) in [5, 5.41) is 0.631. The fourth-order valence-electron chi connectivity index (χ4n) is 3.90.